The number of hydrogen-bond donors (Lipinski definition) is 2. The Kier molecular flexibility index (Phi) is 7.33. The van der Waals surface area contributed by atoms with Crippen LogP contribution in [0.4, 0.5) is 15.8 Å². The summed E-state index contributed by atoms with van der Waals surface area (Å²) in [5.74, 6) is -0.976. The van der Waals surface area contributed by atoms with Crippen molar-refractivity contribution in [2.45, 2.75) is 24.9 Å². The number of aromatic nitrogens is 1. The van der Waals surface area contributed by atoms with Crippen LogP contribution in [0.3, 0.4) is 0 Å². The normalized spacial score (nSPS) is 14.9. The molecule has 1 fully saturated rings. The molecule has 1 aliphatic rings. The molecule has 1 unspecified atom stereocenters. The molecule has 1 saturated heterocycles. The summed E-state index contributed by atoms with van der Waals surface area (Å²) in [7, 11) is 0. The van der Waals surface area contributed by atoms with Crippen molar-refractivity contribution in [3.63, 3.8) is 0 Å². The van der Waals surface area contributed by atoms with Gasteiger partial charge in [-0.1, -0.05) is 42.5 Å². The maximum atomic E-state index is 13.9. The summed E-state index contributed by atoms with van der Waals surface area (Å²) in [6.07, 6.45) is 5.75. The summed E-state index contributed by atoms with van der Waals surface area (Å²) in [6, 6.07) is 29.0. The van der Waals surface area contributed by atoms with Gasteiger partial charge in [0.05, 0.1) is 11.6 Å². The van der Waals surface area contributed by atoms with Gasteiger partial charge in [0.15, 0.2) is 0 Å². The lowest BCUT2D eigenvalue weighted by Crippen LogP contribution is -2.44. The molecule has 36 heavy (non-hydrogen) atoms. The molecule has 4 aromatic rings. The smallest absolute Gasteiger partial charge is 0.258 e. The SMILES string of the molecule is O=C(Nc1ccc(N2CCC(NC(c3ccccc3)c3ccncc3)CC2)cc1)c1ccccc1F. The Hall–Kier alpha value is -4.03. The number of benzene rings is 3. The molecular formula is C30H29FN4O. The molecule has 1 amide bonds. The second kappa shape index (κ2) is 11.1. The van der Waals surface area contributed by atoms with Gasteiger partial charge in [0.1, 0.15) is 5.82 Å². The van der Waals surface area contributed by atoms with E-state index in [1.54, 1.807) is 12.1 Å². The van der Waals surface area contributed by atoms with Crippen LogP contribution in [-0.4, -0.2) is 30.0 Å². The van der Waals surface area contributed by atoms with Crippen LogP contribution in [0.1, 0.15) is 40.4 Å². The number of carbonyl (C=O) groups excluding carboxylic acids is 1. The van der Waals surface area contributed by atoms with Crippen LogP contribution in [0.25, 0.3) is 0 Å². The zero-order valence-corrected chi connectivity index (χ0v) is 20.0. The molecule has 0 spiro atoms. The highest BCUT2D eigenvalue weighted by Gasteiger charge is 2.24. The molecule has 1 aliphatic heterocycles. The van der Waals surface area contributed by atoms with Gasteiger partial charge < -0.3 is 15.5 Å². The van der Waals surface area contributed by atoms with Gasteiger partial charge in [0.25, 0.3) is 5.91 Å². The van der Waals surface area contributed by atoms with Gasteiger partial charge in [-0.2, -0.15) is 0 Å². The maximum absolute atomic E-state index is 13.9. The number of amides is 1. The van der Waals surface area contributed by atoms with Crippen LogP contribution in [0, 0.1) is 5.82 Å². The number of carbonyl (C=O) groups is 1. The predicted molar refractivity (Wildman–Crippen MR) is 142 cm³/mol. The minimum Gasteiger partial charge on any atom is -0.371 e. The van der Waals surface area contributed by atoms with E-state index in [0.717, 1.165) is 31.6 Å². The number of nitrogens with one attached hydrogen (secondary N) is 2. The van der Waals surface area contributed by atoms with Crippen LogP contribution in [0.2, 0.25) is 0 Å². The zero-order chi connectivity index (χ0) is 24.7. The highest BCUT2D eigenvalue weighted by Crippen LogP contribution is 2.26. The van der Waals surface area contributed by atoms with Crippen LogP contribution in [0.15, 0.2) is 103 Å². The molecule has 5 rings (SSSR count). The fraction of sp³-hybridized carbons (Fsp3) is 0.200. The van der Waals surface area contributed by atoms with Crippen molar-refractivity contribution in [1.29, 1.82) is 0 Å². The molecule has 0 bridgehead atoms. The third-order valence-corrected chi connectivity index (χ3v) is 6.68. The predicted octanol–water partition coefficient (Wildman–Crippen LogP) is 5.82. The van der Waals surface area contributed by atoms with Crippen molar-refractivity contribution < 1.29 is 9.18 Å². The summed E-state index contributed by atoms with van der Waals surface area (Å²) < 4.78 is 13.9. The first kappa shape index (κ1) is 23.7. The first-order chi connectivity index (χ1) is 17.7. The average molecular weight is 481 g/mol. The molecule has 0 aliphatic carbocycles. The Bertz CT molecular complexity index is 1230. The van der Waals surface area contributed by atoms with Gasteiger partial charge >= 0.3 is 0 Å². The van der Waals surface area contributed by atoms with E-state index in [4.69, 9.17) is 0 Å². The van der Waals surface area contributed by atoms with E-state index in [-0.39, 0.29) is 11.6 Å². The zero-order valence-electron chi connectivity index (χ0n) is 20.0. The van der Waals surface area contributed by atoms with E-state index in [9.17, 15) is 9.18 Å². The maximum Gasteiger partial charge on any atom is 0.258 e. The number of nitrogens with zero attached hydrogens (tertiary/aromatic N) is 2. The number of piperidine rings is 1. The molecule has 2 heterocycles. The first-order valence-corrected chi connectivity index (χ1v) is 12.3. The van der Waals surface area contributed by atoms with E-state index in [1.807, 2.05) is 42.7 Å². The molecule has 0 saturated carbocycles. The third-order valence-electron chi connectivity index (χ3n) is 6.68. The topological polar surface area (TPSA) is 57.3 Å². The van der Waals surface area contributed by atoms with Gasteiger partial charge in [0, 0.05) is 42.9 Å². The van der Waals surface area contributed by atoms with Crippen LogP contribution >= 0.6 is 0 Å². The summed E-state index contributed by atoms with van der Waals surface area (Å²) in [4.78, 5) is 18.9. The quantitative estimate of drug-likeness (QED) is 0.350. The fourth-order valence-electron chi connectivity index (χ4n) is 4.73. The monoisotopic (exact) mass is 480 g/mol. The lowest BCUT2D eigenvalue weighted by atomic mass is 9.96. The van der Waals surface area contributed by atoms with Crippen molar-refractivity contribution >= 4 is 17.3 Å². The lowest BCUT2D eigenvalue weighted by molar-refractivity contribution is 0.102. The Morgan fingerprint density at radius 2 is 1.47 bits per heavy atom. The van der Waals surface area contributed by atoms with Crippen molar-refractivity contribution in [2.24, 2.45) is 0 Å². The van der Waals surface area contributed by atoms with E-state index >= 15 is 0 Å². The summed E-state index contributed by atoms with van der Waals surface area (Å²) in [5.41, 5.74) is 4.26. The van der Waals surface area contributed by atoms with Crippen molar-refractivity contribution in [2.75, 3.05) is 23.3 Å². The molecule has 6 heteroatoms. The van der Waals surface area contributed by atoms with E-state index in [0.29, 0.717) is 11.7 Å². The number of hydrogen-bond acceptors (Lipinski definition) is 4. The van der Waals surface area contributed by atoms with Crippen LogP contribution < -0.4 is 15.5 Å². The van der Waals surface area contributed by atoms with E-state index in [2.05, 4.69) is 56.9 Å². The largest absolute Gasteiger partial charge is 0.371 e. The first-order valence-electron chi connectivity index (χ1n) is 12.3. The van der Waals surface area contributed by atoms with Crippen molar-refractivity contribution in [1.82, 2.24) is 10.3 Å². The van der Waals surface area contributed by atoms with Gasteiger partial charge in [-0.15, -0.1) is 0 Å². The Balaban J connectivity index is 1.19. The van der Waals surface area contributed by atoms with Crippen molar-refractivity contribution in [3.05, 3.63) is 126 Å². The highest BCUT2D eigenvalue weighted by molar-refractivity contribution is 6.04. The Morgan fingerprint density at radius 1 is 0.833 bits per heavy atom. The second-order valence-electron chi connectivity index (χ2n) is 9.03. The van der Waals surface area contributed by atoms with Gasteiger partial charge in [0.2, 0.25) is 0 Å². The molecule has 2 N–H and O–H groups in total. The molecular weight excluding hydrogens is 451 g/mol. The summed E-state index contributed by atoms with van der Waals surface area (Å²) in [5, 5.41) is 6.66. The lowest BCUT2D eigenvalue weighted by Gasteiger charge is -2.36. The Labute approximate surface area is 211 Å². The molecule has 1 aromatic heterocycles. The van der Waals surface area contributed by atoms with Crippen LogP contribution in [-0.2, 0) is 0 Å². The highest BCUT2D eigenvalue weighted by atomic mass is 19.1. The van der Waals surface area contributed by atoms with E-state index in [1.165, 1.54) is 23.3 Å². The summed E-state index contributed by atoms with van der Waals surface area (Å²) >= 11 is 0. The van der Waals surface area contributed by atoms with Gasteiger partial charge in [-0.25, -0.2) is 4.39 Å². The van der Waals surface area contributed by atoms with E-state index < -0.39 is 11.7 Å². The number of rotatable bonds is 7. The molecule has 3 aromatic carbocycles. The molecule has 1 atom stereocenters. The van der Waals surface area contributed by atoms with Crippen molar-refractivity contribution in [3.8, 4) is 0 Å². The van der Waals surface area contributed by atoms with Crippen LogP contribution in [0.5, 0.6) is 0 Å². The number of anilines is 2. The second-order valence-corrected chi connectivity index (χ2v) is 9.03. The molecule has 182 valence electrons. The fourth-order valence-corrected chi connectivity index (χ4v) is 4.73. The third kappa shape index (κ3) is 5.61. The minimum absolute atomic E-state index is 0.0386. The van der Waals surface area contributed by atoms with Gasteiger partial charge in [-0.3, -0.25) is 9.78 Å². The van der Waals surface area contributed by atoms with Gasteiger partial charge in [-0.05, 0) is 72.5 Å². The molecule has 0 radical (unpaired) electrons. The Morgan fingerprint density at radius 3 is 2.17 bits per heavy atom. The number of halogens is 1. The number of pyridine rings is 1. The molecule has 5 nitrogen and oxygen atoms in total. The average Bonchev–Trinajstić information content (AvgIpc) is 2.94. The summed E-state index contributed by atoms with van der Waals surface area (Å²) in [6.45, 7) is 1.88. The minimum atomic E-state index is -0.526. The standard InChI is InChI=1S/C30H29FN4O/c31-28-9-5-4-8-27(28)30(36)34-24-10-12-26(13-11-24)35-20-16-25(17-21-35)33-29(22-6-2-1-3-7-22)23-14-18-32-19-15-23/h1-15,18-19,25,29,33H,16-17,20-21H2,(H,34,36).